The quantitative estimate of drug-likeness (QED) is 0.811. The minimum Gasteiger partial charge on any atom is -0.395 e. The van der Waals surface area contributed by atoms with Gasteiger partial charge in [0.25, 0.3) is 0 Å². The topological polar surface area (TPSA) is 36.4 Å². The third-order valence-corrected chi connectivity index (χ3v) is 3.03. The highest BCUT2D eigenvalue weighted by atomic mass is 16.3. The van der Waals surface area contributed by atoms with E-state index >= 15 is 0 Å². The number of aromatic nitrogens is 1. The Bertz CT molecular complexity index is 327. The Morgan fingerprint density at radius 1 is 1.53 bits per heavy atom. The van der Waals surface area contributed by atoms with Gasteiger partial charge in [0, 0.05) is 25.0 Å². The van der Waals surface area contributed by atoms with E-state index in [1.165, 1.54) is 17.5 Å². The summed E-state index contributed by atoms with van der Waals surface area (Å²) in [6.45, 7) is 4.35. The van der Waals surface area contributed by atoms with Gasteiger partial charge in [-0.15, -0.1) is 0 Å². The molecule has 1 atom stereocenters. The molecule has 1 fully saturated rings. The second-order valence-electron chi connectivity index (χ2n) is 4.32. The predicted octanol–water partition coefficient (Wildman–Crippen LogP) is 1.35. The molecule has 0 aliphatic carbocycles. The fourth-order valence-corrected chi connectivity index (χ4v) is 2.25. The van der Waals surface area contributed by atoms with Crippen LogP contribution in [0.1, 0.15) is 24.0 Å². The van der Waals surface area contributed by atoms with Crippen LogP contribution in [0.15, 0.2) is 18.5 Å². The smallest absolute Gasteiger partial charge is 0.0587 e. The Balaban J connectivity index is 2.02. The normalized spacial score (nSPS) is 22.1. The molecule has 0 aromatic carbocycles. The number of aliphatic hydroxyl groups is 1. The molecule has 15 heavy (non-hydrogen) atoms. The Kier molecular flexibility index (Phi) is 3.34. The molecule has 3 heteroatoms. The van der Waals surface area contributed by atoms with Crippen molar-refractivity contribution in [2.75, 3.05) is 13.2 Å². The maximum atomic E-state index is 9.21. The number of aryl methyl sites for hydroxylation is 1. The molecule has 82 valence electrons. The molecule has 1 aliphatic rings. The van der Waals surface area contributed by atoms with Gasteiger partial charge in [-0.1, -0.05) is 6.07 Å². The Morgan fingerprint density at radius 3 is 3.13 bits per heavy atom. The minimum absolute atomic E-state index is 0.277. The number of likely N-dealkylation sites (tertiary alicyclic amines) is 1. The summed E-state index contributed by atoms with van der Waals surface area (Å²) in [5, 5.41) is 9.21. The molecule has 1 aromatic rings. The van der Waals surface area contributed by atoms with Crippen LogP contribution < -0.4 is 0 Å². The van der Waals surface area contributed by atoms with Crippen molar-refractivity contribution in [1.29, 1.82) is 0 Å². The number of pyridine rings is 1. The maximum absolute atomic E-state index is 9.21. The van der Waals surface area contributed by atoms with Gasteiger partial charge >= 0.3 is 0 Å². The van der Waals surface area contributed by atoms with E-state index < -0.39 is 0 Å². The molecule has 1 aliphatic heterocycles. The van der Waals surface area contributed by atoms with Crippen LogP contribution in [0.4, 0.5) is 0 Å². The molecule has 2 heterocycles. The predicted molar refractivity (Wildman–Crippen MR) is 59.5 cm³/mol. The van der Waals surface area contributed by atoms with E-state index in [1.807, 2.05) is 12.4 Å². The number of hydrogen-bond donors (Lipinski definition) is 1. The maximum Gasteiger partial charge on any atom is 0.0587 e. The second kappa shape index (κ2) is 4.73. The number of hydrogen-bond acceptors (Lipinski definition) is 3. The van der Waals surface area contributed by atoms with Crippen molar-refractivity contribution < 1.29 is 5.11 Å². The van der Waals surface area contributed by atoms with Gasteiger partial charge in [-0.2, -0.15) is 0 Å². The van der Waals surface area contributed by atoms with Gasteiger partial charge in [0.15, 0.2) is 0 Å². The lowest BCUT2D eigenvalue weighted by molar-refractivity contribution is 0.153. The van der Waals surface area contributed by atoms with Gasteiger partial charge in [0.1, 0.15) is 0 Å². The first-order valence-corrected chi connectivity index (χ1v) is 5.55. The summed E-state index contributed by atoms with van der Waals surface area (Å²) in [6.07, 6.45) is 6.11. The Morgan fingerprint density at radius 2 is 2.40 bits per heavy atom. The van der Waals surface area contributed by atoms with Gasteiger partial charge in [-0.3, -0.25) is 9.88 Å². The highest BCUT2D eigenvalue weighted by molar-refractivity contribution is 5.16. The van der Waals surface area contributed by atoms with Crippen molar-refractivity contribution in [3.63, 3.8) is 0 Å². The molecule has 1 unspecified atom stereocenters. The molecular formula is C12H18N2O. The van der Waals surface area contributed by atoms with Crippen molar-refractivity contribution in [1.82, 2.24) is 9.88 Å². The number of aliphatic hydroxyl groups excluding tert-OH is 1. The summed E-state index contributed by atoms with van der Waals surface area (Å²) >= 11 is 0. The summed E-state index contributed by atoms with van der Waals surface area (Å²) in [7, 11) is 0. The summed E-state index contributed by atoms with van der Waals surface area (Å²) in [4.78, 5) is 6.53. The first-order chi connectivity index (χ1) is 7.29. The minimum atomic E-state index is 0.277. The number of nitrogens with zero attached hydrogens (tertiary/aromatic N) is 2. The van der Waals surface area contributed by atoms with Gasteiger partial charge in [-0.05, 0) is 37.4 Å². The monoisotopic (exact) mass is 206 g/mol. The average molecular weight is 206 g/mol. The SMILES string of the molecule is Cc1cncc(CN2CCCC2CO)c1. The van der Waals surface area contributed by atoms with E-state index in [9.17, 15) is 5.11 Å². The average Bonchev–Trinajstić information content (AvgIpc) is 2.65. The lowest BCUT2D eigenvalue weighted by Gasteiger charge is -2.22. The highest BCUT2D eigenvalue weighted by Crippen LogP contribution is 2.19. The summed E-state index contributed by atoms with van der Waals surface area (Å²) < 4.78 is 0. The molecule has 1 N–H and O–H groups in total. The van der Waals surface area contributed by atoms with E-state index in [2.05, 4.69) is 22.9 Å². The highest BCUT2D eigenvalue weighted by Gasteiger charge is 2.23. The second-order valence-corrected chi connectivity index (χ2v) is 4.32. The van der Waals surface area contributed by atoms with Crippen LogP contribution in [0.25, 0.3) is 0 Å². The van der Waals surface area contributed by atoms with E-state index in [4.69, 9.17) is 0 Å². The molecular weight excluding hydrogens is 188 g/mol. The standard InChI is InChI=1S/C12H18N2O/c1-10-5-11(7-13-6-10)8-14-4-2-3-12(14)9-15/h5-7,12,15H,2-4,8-9H2,1H3. The summed E-state index contributed by atoms with van der Waals surface area (Å²) in [5.74, 6) is 0. The molecule has 0 amide bonds. The van der Waals surface area contributed by atoms with Crippen molar-refractivity contribution >= 4 is 0 Å². The fraction of sp³-hybridized carbons (Fsp3) is 0.583. The first kappa shape index (κ1) is 10.6. The molecule has 0 saturated carbocycles. The van der Waals surface area contributed by atoms with E-state index in [-0.39, 0.29) is 6.61 Å². The summed E-state index contributed by atoms with van der Waals surface area (Å²) in [6, 6.07) is 2.52. The Labute approximate surface area is 90.8 Å². The van der Waals surface area contributed by atoms with Crippen molar-refractivity contribution in [3.05, 3.63) is 29.6 Å². The zero-order valence-electron chi connectivity index (χ0n) is 9.19. The number of rotatable bonds is 3. The zero-order chi connectivity index (χ0) is 10.7. The van der Waals surface area contributed by atoms with E-state index in [0.717, 1.165) is 19.5 Å². The van der Waals surface area contributed by atoms with Crippen LogP contribution in [0.5, 0.6) is 0 Å². The molecule has 3 nitrogen and oxygen atoms in total. The van der Waals surface area contributed by atoms with Gasteiger partial charge in [0.2, 0.25) is 0 Å². The first-order valence-electron chi connectivity index (χ1n) is 5.55. The van der Waals surface area contributed by atoms with Crippen LogP contribution >= 0.6 is 0 Å². The lowest BCUT2D eigenvalue weighted by atomic mass is 10.2. The third-order valence-electron chi connectivity index (χ3n) is 3.03. The summed E-state index contributed by atoms with van der Waals surface area (Å²) in [5.41, 5.74) is 2.45. The molecule has 0 radical (unpaired) electrons. The van der Waals surface area contributed by atoms with E-state index in [1.54, 1.807) is 0 Å². The molecule has 0 spiro atoms. The van der Waals surface area contributed by atoms with E-state index in [0.29, 0.717) is 6.04 Å². The van der Waals surface area contributed by atoms with Gasteiger partial charge in [-0.25, -0.2) is 0 Å². The van der Waals surface area contributed by atoms with Crippen molar-refractivity contribution in [2.24, 2.45) is 0 Å². The lowest BCUT2D eigenvalue weighted by Crippen LogP contribution is -2.31. The molecule has 0 bridgehead atoms. The van der Waals surface area contributed by atoms with Gasteiger partial charge < -0.3 is 5.11 Å². The largest absolute Gasteiger partial charge is 0.395 e. The Hall–Kier alpha value is -0.930. The van der Waals surface area contributed by atoms with Crippen LogP contribution in [-0.2, 0) is 6.54 Å². The van der Waals surface area contributed by atoms with Crippen molar-refractivity contribution in [2.45, 2.75) is 32.4 Å². The van der Waals surface area contributed by atoms with Crippen LogP contribution in [-0.4, -0.2) is 34.2 Å². The van der Waals surface area contributed by atoms with Crippen LogP contribution in [0, 0.1) is 6.92 Å². The van der Waals surface area contributed by atoms with Crippen LogP contribution in [0.3, 0.4) is 0 Å². The van der Waals surface area contributed by atoms with Crippen molar-refractivity contribution in [3.8, 4) is 0 Å². The van der Waals surface area contributed by atoms with Crippen LogP contribution in [0.2, 0.25) is 0 Å². The third kappa shape index (κ3) is 2.55. The molecule has 2 rings (SSSR count). The fourth-order valence-electron chi connectivity index (χ4n) is 2.25. The molecule has 1 aromatic heterocycles. The zero-order valence-corrected chi connectivity index (χ0v) is 9.19. The van der Waals surface area contributed by atoms with Gasteiger partial charge in [0.05, 0.1) is 6.61 Å². The molecule has 1 saturated heterocycles.